The first-order valence-corrected chi connectivity index (χ1v) is 8.03. The summed E-state index contributed by atoms with van der Waals surface area (Å²) in [6.07, 6.45) is 1.18. The lowest BCUT2D eigenvalue weighted by Crippen LogP contribution is -2.21. The van der Waals surface area contributed by atoms with Crippen molar-refractivity contribution in [2.24, 2.45) is 10.7 Å². The Morgan fingerprint density at radius 2 is 2.29 bits per heavy atom. The van der Waals surface area contributed by atoms with Crippen molar-refractivity contribution in [2.45, 2.75) is 24.8 Å². The van der Waals surface area contributed by atoms with Gasteiger partial charge in [0.05, 0.1) is 11.5 Å². The van der Waals surface area contributed by atoms with Gasteiger partial charge in [0, 0.05) is 12.2 Å². The molecule has 24 heavy (non-hydrogen) atoms. The molecule has 0 radical (unpaired) electrons. The highest BCUT2D eigenvalue weighted by Crippen LogP contribution is 2.23. The average molecular weight is 352 g/mol. The third-order valence-electron chi connectivity index (χ3n) is 3.00. The Kier molecular flexibility index (Phi) is 6.27. The van der Waals surface area contributed by atoms with Gasteiger partial charge in [0.2, 0.25) is 0 Å². The molecule has 2 rings (SSSR count). The number of amidine groups is 2. The lowest BCUT2D eigenvalue weighted by molar-refractivity contribution is 0.234. The molecular formula is C14H17FN6O2S. The summed E-state index contributed by atoms with van der Waals surface area (Å²) in [5, 5.41) is 24.5. The molecule has 0 spiro atoms. The molecule has 0 atom stereocenters. The second-order valence-corrected chi connectivity index (χ2v) is 5.98. The molecule has 0 aliphatic rings. The van der Waals surface area contributed by atoms with Crippen LogP contribution in [0.25, 0.3) is 0 Å². The minimum absolute atomic E-state index is 0.0383. The third kappa shape index (κ3) is 4.77. The van der Waals surface area contributed by atoms with Crippen molar-refractivity contribution in [3.63, 3.8) is 0 Å². The van der Waals surface area contributed by atoms with Crippen molar-refractivity contribution >= 4 is 29.1 Å². The average Bonchev–Trinajstić information content (AvgIpc) is 3.00. The van der Waals surface area contributed by atoms with Gasteiger partial charge in [-0.2, -0.15) is 0 Å². The largest absolute Gasteiger partial charge is 0.388 e. The van der Waals surface area contributed by atoms with Gasteiger partial charge in [-0.05, 0) is 47.4 Å². The van der Waals surface area contributed by atoms with Crippen molar-refractivity contribution in [2.75, 3.05) is 5.75 Å². The zero-order valence-corrected chi connectivity index (χ0v) is 13.7. The van der Waals surface area contributed by atoms with Crippen LogP contribution in [0.1, 0.15) is 24.1 Å². The second-order valence-electron chi connectivity index (χ2n) is 4.90. The topological polar surface area (TPSA) is 133 Å². The monoisotopic (exact) mass is 352 g/mol. The van der Waals surface area contributed by atoms with E-state index >= 15 is 0 Å². The molecule has 10 heteroatoms. The summed E-state index contributed by atoms with van der Waals surface area (Å²) in [4.78, 5) is 4.20. The fourth-order valence-electron chi connectivity index (χ4n) is 1.81. The quantitative estimate of drug-likeness (QED) is 0.198. The molecule has 0 saturated heterocycles. The molecule has 8 nitrogen and oxygen atoms in total. The van der Waals surface area contributed by atoms with Gasteiger partial charge in [-0.1, -0.05) is 0 Å². The van der Waals surface area contributed by atoms with Crippen LogP contribution in [0.2, 0.25) is 0 Å². The Morgan fingerprint density at radius 3 is 2.96 bits per heavy atom. The van der Waals surface area contributed by atoms with Crippen LogP contribution < -0.4 is 11.2 Å². The first-order chi connectivity index (χ1) is 11.5. The number of rotatable bonds is 7. The Hall–Kier alpha value is -2.46. The number of hydroxylamine groups is 1. The van der Waals surface area contributed by atoms with Gasteiger partial charge >= 0.3 is 0 Å². The van der Waals surface area contributed by atoms with E-state index in [2.05, 4.69) is 15.3 Å². The van der Waals surface area contributed by atoms with Crippen LogP contribution in [0.5, 0.6) is 0 Å². The minimum Gasteiger partial charge on any atom is -0.388 e. The molecule has 1 aromatic carbocycles. The number of thioether (sulfide) groups is 1. The Labute approximate surface area is 141 Å². The van der Waals surface area contributed by atoms with Crippen molar-refractivity contribution in [3.05, 3.63) is 35.3 Å². The van der Waals surface area contributed by atoms with E-state index in [0.717, 1.165) is 0 Å². The minimum atomic E-state index is -0.336. The van der Waals surface area contributed by atoms with Crippen LogP contribution in [0.3, 0.4) is 0 Å². The number of nitrogens with one attached hydrogen (secondary N) is 2. The van der Waals surface area contributed by atoms with Crippen LogP contribution in [0, 0.1) is 18.2 Å². The second kappa shape index (κ2) is 8.41. The van der Waals surface area contributed by atoms with E-state index in [1.807, 2.05) is 5.48 Å². The Balaban J connectivity index is 2.15. The molecule has 128 valence electrons. The summed E-state index contributed by atoms with van der Waals surface area (Å²) >= 11 is 1.34. The van der Waals surface area contributed by atoms with Crippen molar-refractivity contribution in [1.29, 1.82) is 5.41 Å². The standard InChI is InChI=1S/C14H17FN6O2S/c1-8-7-9(4-5-10(8)15)18-13(19-22)12-14(21-23-20-12)24-6-2-3-11(16)17/h4-5,7,22H,2-3,6H2,1H3,(H3,16,17)(H,18,19). The summed E-state index contributed by atoms with van der Waals surface area (Å²) in [5.74, 6) is 0.475. The Bertz CT molecular complexity index is 749. The number of hydrogen-bond donors (Lipinski definition) is 4. The molecule has 2 aromatic rings. The zero-order valence-electron chi connectivity index (χ0n) is 12.9. The van der Waals surface area contributed by atoms with E-state index in [1.165, 1.54) is 23.9 Å². The van der Waals surface area contributed by atoms with Crippen molar-refractivity contribution in [1.82, 2.24) is 15.8 Å². The molecule has 1 heterocycles. The number of nitrogens with two attached hydrogens (primary N) is 1. The lowest BCUT2D eigenvalue weighted by Gasteiger charge is -2.04. The molecule has 0 amide bonds. The van der Waals surface area contributed by atoms with Crippen LogP contribution in [0.4, 0.5) is 10.1 Å². The van der Waals surface area contributed by atoms with E-state index in [4.69, 9.17) is 15.8 Å². The predicted octanol–water partition coefficient (Wildman–Crippen LogP) is 2.38. The molecule has 0 aliphatic heterocycles. The Morgan fingerprint density at radius 1 is 1.50 bits per heavy atom. The van der Waals surface area contributed by atoms with E-state index in [0.29, 0.717) is 34.9 Å². The number of aromatic nitrogens is 2. The van der Waals surface area contributed by atoms with Gasteiger partial charge in [0.15, 0.2) is 16.6 Å². The van der Waals surface area contributed by atoms with E-state index < -0.39 is 0 Å². The van der Waals surface area contributed by atoms with Crippen LogP contribution in [0.15, 0.2) is 32.8 Å². The summed E-state index contributed by atoms with van der Waals surface area (Å²) in [6, 6.07) is 4.31. The SMILES string of the molecule is Cc1cc(N=C(NO)c2nonc2SCCCC(=N)N)ccc1F. The molecule has 0 saturated carbocycles. The van der Waals surface area contributed by atoms with Gasteiger partial charge in [-0.15, -0.1) is 11.8 Å². The van der Waals surface area contributed by atoms with E-state index in [1.54, 1.807) is 13.0 Å². The molecule has 0 aliphatic carbocycles. The van der Waals surface area contributed by atoms with Crippen LogP contribution in [-0.2, 0) is 0 Å². The fourth-order valence-corrected chi connectivity index (χ4v) is 2.65. The number of aliphatic imine (C=N–C) groups is 1. The summed E-state index contributed by atoms with van der Waals surface area (Å²) < 4.78 is 18.0. The predicted molar refractivity (Wildman–Crippen MR) is 88.4 cm³/mol. The number of aryl methyl sites for hydroxylation is 1. The van der Waals surface area contributed by atoms with E-state index in [-0.39, 0.29) is 23.2 Å². The third-order valence-corrected chi connectivity index (χ3v) is 4.03. The van der Waals surface area contributed by atoms with Crippen molar-refractivity contribution in [3.8, 4) is 0 Å². The number of nitrogens with zero attached hydrogens (tertiary/aromatic N) is 3. The van der Waals surface area contributed by atoms with Gasteiger partial charge in [0.1, 0.15) is 5.82 Å². The van der Waals surface area contributed by atoms with Crippen LogP contribution >= 0.6 is 11.8 Å². The molecule has 5 N–H and O–H groups in total. The van der Waals surface area contributed by atoms with Gasteiger partial charge < -0.3 is 5.73 Å². The molecular weight excluding hydrogens is 335 g/mol. The number of halogens is 1. The lowest BCUT2D eigenvalue weighted by atomic mass is 10.2. The smallest absolute Gasteiger partial charge is 0.186 e. The summed E-state index contributed by atoms with van der Waals surface area (Å²) in [6.45, 7) is 1.62. The van der Waals surface area contributed by atoms with Gasteiger partial charge in [0.25, 0.3) is 0 Å². The molecule has 0 fully saturated rings. The van der Waals surface area contributed by atoms with Gasteiger partial charge in [-0.3, -0.25) is 16.1 Å². The highest BCUT2D eigenvalue weighted by Gasteiger charge is 2.17. The molecule has 0 bridgehead atoms. The maximum atomic E-state index is 13.3. The van der Waals surface area contributed by atoms with E-state index in [9.17, 15) is 9.60 Å². The van der Waals surface area contributed by atoms with Crippen LogP contribution in [-0.4, -0.2) is 32.9 Å². The fraction of sp³-hybridized carbons (Fsp3) is 0.286. The summed E-state index contributed by atoms with van der Waals surface area (Å²) in [5.41, 5.74) is 8.39. The highest BCUT2D eigenvalue weighted by molar-refractivity contribution is 7.99. The number of hydrogen-bond acceptors (Lipinski definition) is 7. The van der Waals surface area contributed by atoms with Crippen molar-refractivity contribution < 1.29 is 14.2 Å². The first kappa shape index (κ1) is 17.9. The maximum Gasteiger partial charge on any atom is 0.186 e. The molecule has 0 unspecified atom stereocenters. The maximum absolute atomic E-state index is 13.3. The summed E-state index contributed by atoms with van der Waals surface area (Å²) in [7, 11) is 0. The normalized spacial score (nSPS) is 11.5. The first-order valence-electron chi connectivity index (χ1n) is 7.05. The number of benzene rings is 1. The van der Waals surface area contributed by atoms with Gasteiger partial charge in [-0.25, -0.2) is 14.0 Å². The molecule has 1 aromatic heterocycles. The highest BCUT2D eigenvalue weighted by atomic mass is 32.2. The zero-order chi connectivity index (χ0) is 17.5.